The monoisotopic (exact) mass is 684 g/mol. The topological polar surface area (TPSA) is 34.5 Å². The van der Waals surface area contributed by atoms with Crippen LogP contribution in [0.1, 0.15) is 0 Å². The summed E-state index contributed by atoms with van der Waals surface area (Å²) in [7, 11) is 0. The van der Waals surface area contributed by atoms with Gasteiger partial charge in [0.2, 0.25) is 0 Å². The maximum absolute atomic E-state index is 14.0. The highest BCUT2D eigenvalue weighted by molar-refractivity contribution is 6.14. The van der Waals surface area contributed by atoms with Crippen molar-refractivity contribution in [1.29, 1.82) is 0 Å². The van der Waals surface area contributed by atoms with Crippen LogP contribution in [0.3, 0.4) is 0 Å². The van der Waals surface area contributed by atoms with Crippen LogP contribution in [0.5, 0.6) is 0 Å². The number of aromatic nitrogens is 1. The molecule has 0 bridgehead atoms. The lowest BCUT2D eigenvalue weighted by molar-refractivity contribution is 0.627. The van der Waals surface area contributed by atoms with E-state index in [4.69, 9.17) is 8.83 Å². The molecule has 0 amide bonds. The van der Waals surface area contributed by atoms with Gasteiger partial charge in [0.25, 0.3) is 0 Å². The molecule has 53 heavy (non-hydrogen) atoms. The number of nitrogens with zero attached hydrogens (tertiary/aromatic N) is 2. The van der Waals surface area contributed by atoms with Crippen molar-refractivity contribution in [1.82, 2.24) is 4.57 Å². The van der Waals surface area contributed by atoms with Crippen molar-refractivity contribution in [3.05, 3.63) is 182 Å². The van der Waals surface area contributed by atoms with E-state index in [2.05, 4.69) is 119 Å². The van der Waals surface area contributed by atoms with E-state index in [9.17, 15) is 4.39 Å². The highest BCUT2D eigenvalue weighted by Crippen LogP contribution is 2.46. The molecule has 3 aromatic heterocycles. The summed E-state index contributed by atoms with van der Waals surface area (Å²) < 4.78 is 29.4. The Hall–Kier alpha value is -7.11. The van der Waals surface area contributed by atoms with Crippen molar-refractivity contribution in [2.24, 2.45) is 0 Å². The Labute approximate surface area is 303 Å². The summed E-state index contributed by atoms with van der Waals surface area (Å²) in [5.41, 5.74) is 11.4. The van der Waals surface area contributed by atoms with Crippen LogP contribution in [-0.4, -0.2) is 4.57 Å². The lowest BCUT2D eigenvalue weighted by atomic mass is 10.0. The number of anilines is 3. The lowest BCUT2D eigenvalue weighted by Crippen LogP contribution is -2.10. The number of halogens is 1. The van der Waals surface area contributed by atoms with E-state index in [0.29, 0.717) is 0 Å². The molecule has 11 rings (SSSR count). The van der Waals surface area contributed by atoms with Crippen molar-refractivity contribution < 1.29 is 13.2 Å². The number of furan rings is 2. The molecule has 0 saturated heterocycles. The smallest absolute Gasteiger partial charge is 0.159 e. The van der Waals surface area contributed by atoms with E-state index in [-0.39, 0.29) is 5.82 Å². The SMILES string of the molecule is Fc1ccc(-n2c3ccccc3c3ccc(-c4ccc(N(c5cccc6c5oc5ccccc56)c5cccc6c5oc5ccccc56)cc4)cc32)cc1. The number of benzene rings is 8. The number of hydrogen-bond donors (Lipinski definition) is 0. The molecule has 0 atom stereocenters. The zero-order valence-corrected chi connectivity index (χ0v) is 28.3. The first-order chi connectivity index (χ1) is 26.2. The fraction of sp³-hybridized carbons (Fsp3) is 0. The van der Waals surface area contributed by atoms with Gasteiger partial charge < -0.3 is 18.3 Å². The molecule has 4 nitrogen and oxygen atoms in total. The van der Waals surface area contributed by atoms with Gasteiger partial charge in [0, 0.05) is 43.7 Å². The van der Waals surface area contributed by atoms with E-state index < -0.39 is 0 Å². The van der Waals surface area contributed by atoms with Crippen LogP contribution in [0, 0.1) is 5.82 Å². The van der Waals surface area contributed by atoms with Gasteiger partial charge in [0.05, 0.1) is 22.4 Å². The zero-order chi connectivity index (χ0) is 35.0. The van der Waals surface area contributed by atoms with Gasteiger partial charge in [-0.2, -0.15) is 0 Å². The van der Waals surface area contributed by atoms with Gasteiger partial charge in [-0.3, -0.25) is 0 Å². The van der Waals surface area contributed by atoms with Crippen LogP contribution < -0.4 is 4.90 Å². The minimum atomic E-state index is -0.252. The van der Waals surface area contributed by atoms with Crippen molar-refractivity contribution in [3.8, 4) is 16.8 Å². The standard InChI is InChI=1S/C48H29FN2O2/c49-32-22-26-34(27-23-32)50-41-14-4-1-9-35(41)36-28-21-31(29-44(36)50)30-19-24-33(25-20-30)51(42-15-7-12-39-37-10-2-5-17-45(37)52-47(39)42)43-16-8-13-40-38-11-3-6-18-46(38)53-48(40)43/h1-29H. The molecular formula is C48H29FN2O2. The van der Waals surface area contributed by atoms with Gasteiger partial charge in [-0.15, -0.1) is 0 Å². The minimum Gasteiger partial charge on any atom is -0.454 e. The second-order valence-corrected chi connectivity index (χ2v) is 13.4. The molecule has 0 aliphatic rings. The van der Waals surface area contributed by atoms with Gasteiger partial charge in [-0.25, -0.2) is 4.39 Å². The van der Waals surface area contributed by atoms with Gasteiger partial charge in [-0.1, -0.05) is 103 Å². The molecule has 0 spiro atoms. The quantitative estimate of drug-likeness (QED) is 0.181. The summed E-state index contributed by atoms with van der Waals surface area (Å²) in [6, 6.07) is 59.4. The Bertz CT molecular complexity index is 3070. The third kappa shape index (κ3) is 4.54. The Kier molecular flexibility index (Phi) is 6.40. The Morgan fingerprint density at radius 3 is 1.58 bits per heavy atom. The first kappa shape index (κ1) is 29.6. The molecule has 0 aliphatic heterocycles. The summed E-state index contributed by atoms with van der Waals surface area (Å²) in [6.45, 7) is 0. The lowest BCUT2D eigenvalue weighted by Gasteiger charge is -2.25. The van der Waals surface area contributed by atoms with Crippen molar-refractivity contribution >= 4 is 82.7 Å². The molecule has 0 unspecified atom stereocenters. The van der Waals surface area contributed by atoms with E-state index in [1.165, 1.54) is 12.1 Å². The normalized spacial score (nSPS) is 11.9. The highest BCUT2D eigenvalue weighted by Gasteiger charge is 2.23. The number of hydrogen-bond acceptors (Lipinski definition) is 3. The Morgan fingerprint density at radius 1 is 0.415 bits per heavy atom. The molecule has 11 aromatic rings. The van der Waals surface area contributed by atoms with Crippen LogP contribution >= 0.6 is 0 Å². The molecule has 3 heterocycles. The predicted octanol–water partition coefficient (Wildman–Crippen LogP) is 13.9. The molecule has 0 radical (unpaired) electrons. The maximum Gasteiger partial charge on any atom is 0.159 e. The number of para-hydroxylation sites is 5. The van der Waals surface area contributed by atoms with Crippen LogP contribution in [0.2, 0.25) is 0 Å². The first-order valence-corrected chi connectivity index (χ1v) is 17.7. The molecule has 0 fully saturated rings. The van der Waals surface area contributed by atoms with E-state index >= 15 is 0 Å². The second kappa shape index (κ2) is 11.5. The van der Waals surface area contributed by atoms with Gasteiger partial charge in [0.15, 0.2) is 11.2 Å². The van der Waals surface area contributed by atoms with Crippen molar-refractivity contribution in [2.45, 2.75) is 0 Å². The summed E-state index contributed by atoms with van der Waals surface area (Å²) in [6.07, 6.45) is 0. The number of rotatable bonds is 5. The van der Waals surface area contributed by atoms with Gasteiger partial charge in [0.1, 0.15) is 17.0 Å². The molecule has 8 aromatic carbocycles. The minimum absolute atomic E-state index is 0.252. The fourth-order valence-electron chi connectivity index (χ4n) is 8.05. The Morgan fingerprint density at radius 2 is 0.943 bits per heavy atom. The third-order valence-electron chi connectivity index (χ3n) is 10.5. The summed E-state index contributed by atoms with van der Waals surface area (Å²) >= 11 is 0. The molecule has 0 N–H and O–H groups in total. The second-order valence-electron chi connectivity index (χ2n) is 13.4. The van der Waals surface area contributed by atoms with Gasteiger partial charge >= 0.3 is 0 Å². The largest absolute Gasteiger partial charge is 0.454 e. The van der Waals surface area contributed by atoms with Gasteiger partial charge in [-0.05, 0) is 83.9 Å². The Balaban J connectivity index is 1.10. The van der Waals surface area contributed by atoms with Crippen LogP contribution in [0.25, 0.3) is 82.5 Å². The average molecular weight is 685 g/mol. The van der Waals surface area contributed by atoms with Crippen molar-refractivity contribution in [2.75, 3.05) is 4.90 Å². The van der Waals surface area contributed by atoms with Crippen LogP contribution in [0.15, 0.2) is 185 Å². The summed E-state index contributed by atoms with van der Waals surface area (Å²) in [5.74, 6) is -0.252. The molecule has 0 saturated carbocycles. The summed E-state index contributed by atoms with van der Waals surface area (Å²) in [5, 5.41) is 6.57. The highest BCUT2D eigenvalue weighted by atomic mass is 19.1. The zero-order valence-electron chi connectivity index (χ0n) is 28.3. The predicted molar refractivity (Wildman–Crippen MR) is 215 cm³/mol. The van der Waals surface area contributed by atoms with E-state index in [0.717, 1.165) is 99.6 Å². The molecule has 250 valence electrons. The van der Waals surface area contributed by atoms with Crippen LogP contribution in [0.4, 0.5) is 21.5 Å². The molecular weight excluding hydrogens is 656 g/mol. The molecule has 5 heteroatoms. The third-order valence-corrected chi connectivity index (χ3v) is 10.5. The maximum atomic E-state index is 14.0. The summed E-state index contributed by atoms with van der Waals surface area (Å²) in [4.78, 5) is 2.24. The van der Waals surface area contributed by atoms with Crippen LogP contribution in [-0.2, 0) is 0 Å². The first-order valence-electron chi connectivity index (χ1n) is 17.7. The fourth-order valence-corrected chi connectivity index (χ4v) is 8.05. The van der Waals surface area contributed by atoms with E-state index in [1.54, 1.807) is 0 Å². The molecule has 0 aliphatic carbocycles. The van der Waals surface area contributed by atoms with Crippen molar-refractivity contribution in [3.63, 3.8) is 0 Å². The average Bonchev–Trinajstić information content (AvgIpc) is 3.89. The van der Waals surface area contributed by atoms with E-state index in [1.807, 2.05) is 54.6 Å². The number of fused-ring (bicyclic) bond motifs is 9.